The molecule has 0 aromatic carbocycles. The van der Waals surface area contributed by atoms with Crippen molar-refractivity contribution in [2.75, 3.05) is 25.5 Å². The molecular weight excluding hydrogens is 368 g/mol. The van der Waals surface area contributed by atoms with Crippen LogP contribution in [-0.2, 0) is 17.1 Å². The second-order valence-corrected chi connectivity index (χ2v) is 7.89. The van der Waals surface area contributed by atoms with Crippen molar-refractivity contribution in [3.63, 3.8) is 0 Å². The van der Waals surface area contributed by atoms with E-state index in [0.717, 1.165) is 0 Å². The zero-order valence-electron chi connectivity index (χ0n) is 13.9. The molecule has 9 nitrogen and oxygen atoms in total. The first-order valence-electron chi connectivity index (χ1n) is 7.72. The van der Waals surface area contributed by atoms with E-state index in [4.69, 9.17) is 16.3 Å². The number of nitrogens with zero attached hydrogens (tertiary/aromatic N) is 5. The van der Waals surface area contributed by atoms with Crippen molar-refractivity contribution in [3.8, 4) is 5.88 Å². The SMILES string of the molecule is COc1ccnc(NC2CCN(S(=O)(=O)c3cnc(Cl)n3C)CC2)n1. The highest BCUT2D eigenvalue weighted by atomic mass is 35.5. The van der Waals surface area contributed by atoms with Gasteiger partial charge < -0.3 is 14.6 Å². The molecule has 0 atom stereocenters. The maximum absolute atomic E-state index is 12.7. The van der Waals surface area contributed by atoms with Crippen molar-refractivity contribution in [2.24, 2.45) is 7.05 Å². The van der Waals surface area contributed by atoms with Gasteiger partial charge in [0, 0.05) is 38.4 Å². The second kappa shape index (κ2) is 7.14. The molecule has 25 heavy (non-hydrogen) atoms. The third-order valence-electron chi connectivity index (χ3n) is 4.12. The number of piperidine rings is 1. The normalized spacial score (nSPS) is 16.8. The van der Waals surface area contributed by atoms with Gasteiger partial charge in [0.1, 0.15) is 0 Å². The van der Waals surface area contributed by atoms with E-state index in [1.807, 2.05) is 0 Å². The summed E-state index contributed by atoms with van der Waals surface area (Å²) >= 11 is 5.85. The van der Waals surface area contributed by atoms with Crippen molar-refractivity contribution in [2.45, 2.75) is 23.9 Å². The first-order valence-corrected chi connectivity index (χ1v) is 9.54. The van der Waals surface area contributed by atoms with Crippen LogP contribution in [0.5, 0.6) is 5.88 Å². The molecule has 0 amide bonds. The van der Waals surface area contributed by atoms with Crippen molar-refractivity contribution in [3.05, 3.63) is 23.7 Å². The Labute approximate surface area is 151 Å². The number of ether oxygens (including phenoxy) is 1. The largest absolute Gasteiger partial charge is 0.481 e. The summed E-state index contributed by atoms with van der Waals surface area (Å²) in [7, 11) is -0.487. The lowest BCUT2D eigenvalue weighted by Crippen LogP contribution is -2.43. The van der Waals surface area contributed by atoms with Crippen LogP contribution in [0.2, 0.25) is 5.28 Å². The van der Waals surface area contributed by atoms with Crippen molar-refractivity contribution in [1.82, 2.24) is 23.8 Å². The van der Waals surface area contributed by atoms with Crippen molar-refractivity contribution in [1.29, 1.82) is 0 Å². The summed E-state index contributed by atoms with van der Waals surface area (Å²) in [6.07, 6.45) is 4.18. The Morgan fingerprint density at radius 2 is 2.04 bits per heavy atom. The number of aromatic nitrogens is 4. The van der Waals surface area contributed by atoms with Crippen LogP contribution in [0.15, 0.2) is 23.5 Å². The average molecular weight is 387 g/mol. The molecule has 1 aliphatic rings. The number of hydrogen-bond acceptors (Lipinski definition) is 7. The van der Waals surface area contributed by atoms with E-state index in [2.05, 4.69) is 20.3 Å². The molecule has 3 heterocycles. The summed E-state index contributed by atoms with van der Waals surface area (Å²) < 4.78 is 33.3. The van der Waals surface area contributed by atoms with E-state index in [9.17, 15) is 8.42 Å². The number of sulfonamides is 1. The summed E-state index contributed by atoms with van der Waals surface area (Å²) in [5.74, 6) is 0.949. The van der Waals surface area contributed by atoms with Gasteiger partial charge in [0.25, 0.3) is 10.0 Å². The molecule has 2 aromatic rings. The molecule has 1 aliphatic heterocycles. The predicted molar refractivity (Wildman–Crippen MR) is 92.2 cm³/mol. The average Bonchev–Trinajstić information content (AvgIpc) is 2.95. The van der Waals surface area contributed by atoms with E-state index in [0.29, 0.717) is 37.8 Å². The number of anilines is 1. The number of halogens is 1. The first kappa shape index (κ1) is 17.9. The molecule has 0 radical (unpaired) electrons. The number of hydrogen-bond donors (Lipinski definition) is 1. The molecule has 3 rings (SSSR count). The fourth-order valence-electron chi connectivity index (χ4n) is 2.69. The smallest absolute Gasteiger partial charge is 0.260 e. The maximum atomic E-state index is 12.7. The molecule has 136 valence electrons. The summed E-state index contributed by atoms with van der Waals surface area (Å²) in [5.41, 5.74) is 0. The Balaban J connectivity index is 1.64. The lowest BCUT2D eigenvalue weighted by Gasteiger charge is -2.31. The summed E-state index contributed by atoms with van der Waals surface area (Å²) in [6.45, 7) is 0.791. The molecule has 1 N–H and O–H groups in total. The van der Waals surface area contributed by atoms with Gasteiger partial charge in [-0.25, -0.2) is 18.4 Å². The van der Waals surface area contributed by atoms with Gasteiger partial charge in [-0.05, 0) is 24.4 Å². The molecule has 0 aliphatic carbocycles. The molecule has 11 heteroatoms. The number of rotatable bonds is 5. The second-order valence-electron chi connectivity index (χ2n) is 5.67. The van der Waals surface area contributed by atoms with Crippen LogP contribution in [-0.4, -0.2) is 58.5 Å². The minimum Gasteiger partial charge on any atom is -0.481 e. The van der Waals surface area contributed by atoms with Crippen molar-refractivity contribution < 1.29 is 13.2 Å². The van der Waals surface area contributed by atoms with Crippen LogP contribution in [0, 0.1) is 0 Å². The van der Waals surface area contributed by atoms with Gasteiger partial charge in [-0.1, -0.05) is 0 Å². The van der Waals surface area contributed by atoms with Crippen LogP contribution in [0.4, 0.5) is 5.95 Å². The standard InChI is InChI=1S/C14H19ClN6O3S/c1-20-12(9-17-13(20)15)25(22,23)21-7-4-10(5-8-21)18-14-16-6-3-11(19-14)24-2/h3,6,9-10H,4-5,7-8H2,1-2H3,(H,16,18,19). The quantitative estimate of drug-likeness (QED) is 0.821. The zero-order chi connectivity index (χ0) is 18.0. The van der Waals surface area contributed by atoms with E-state index >= 15 is 0 Å². The fourth-order valence-corrected chi connectivity index (χ4v) is 4.46. The molecule has 0 saturated carbocycles. The van der Waals surface area contributed by atoms with Gasteiger partial charge >= 0.3 is 0 Å². The lowest BCUT2D eigenvalue weighted by atomic mass is 10.1. The lowest BCUT2D eigenvalue weighted by molar-refractivity contribution is 0.327. The number of methoxy groups -OCH3 is 1. The highest BCUT2D eigenvalue weighted by Gasteiger charge is 2.32. The third-order valence-corrected chi connectivity index (χ3v) is 6.42. The molecular formula is C14H19ClN6O3S. The number of imidazole rings is 1. The molecule has 0 bridgehead atoms. The van der Waals surface area contributed by atoms with E-state index < -0.39 is 10.0 Å². The Morgan fingerprint density at radius 1 is 1.32 bits per heavy atom. The van der Waals surface area contributed by atoms with Gasteiger partial charge in [0.2, 0.25) is 17.1 Å². The monoisotopic (exact) mass is 386 g/mol. The van der Waals surface area contributed by atoms with E-state index in [1.165, 1.54) is 15.1 Å². The molecule has 0 spiro atoms. The molecule has 0 unspecified atom stereocenters. The third kappa shape index (κ3) is 3.70. The highest BCUT2D eigenvalue weighted by Crippen LogP contribution is 2.23. The molecule has 2 aromatic heterocycles. The van der Waals surface area contributed by atoms with Crippen molar-refractivity contribution >= 4 is 27.6 Å². The maximum Gasteiger partial charge on any atom is 0.260 e. The minimum atomic E-state index is -3.61. The summed E-state index contributed by atoms with van der Waals surface area (Å²) in [4.78, 5) is 12.2. The Bertz CT molecular complexity index is 848. The van der Waals surface area contributed by atoms with Gasteiger partial charge in [-0.15, -0.1) is 0 Å². The van der Waals surface area contributed by atoms with Gasteiger partial charge in [0.15, 0.2) is 5.03 Å². The number of nitrogens with one attached hydrogen (secondary N) is 1. The minimum absolute atomic E-state index is 0.0914. The summed E-state index contributed by atoms with van der Waals surface area (Å²) in [5, 5.41) is 3.46. The van der Waals surface area contributed by atoms with E-state index in [1.54, 1.807) is 26.4 Å². The summed E-state index contributed by atoms with van der Waals surface area (Å²) in [6, 6.07) is 1.76. The molecule has 1 fully saturated rings. The van der Waals surface area contributed by atoms with E-state index in [-0.39, 0.29) is 16.4 Å². The Kier molecular flexibility index (Phi) is 5.11. The topological polar surface area (TPSA) is 102 Å². The first-order chi connectivity index (χ1) is 11.9. The van der Waals surface area contributed by atoms with Crippen LogP contribution >= 0.6 is 11.6 Å². The fraction of sp³-hybridized carbons (Fsp3) is 0.500. The van der Waals surface area contributed by atoms with Crippen LogP contribution in [0.25, 0.3) is 0 Å². The van der Waals surface area contributed by atoms with Gasteiger partial charge in [0.05, 0.1) is 13.3 Å². The molecule has 1 saturated heterocycles. The van der Waals surface area contributed by atoms with Crippen LogP contribution in [0.3, 0.4) is 0 Å². The van der Waals surface area contributed by atoms with Gasteiger partial charge in [-0.3, -0.25) is 0 Å². The predicted octanol–water partition coefficient (Wildman–Crippen LogP) is 1.14. The highest BCUT2D eigenvalue weighted by molar-refractivity contribution is 7.89. The van der Waals surface area contributed by atoms with Gasteiger partial charge in [-0.2, -0.15) is 9.29 Å². The van der Waals surface area contributed by atoms with Crippen LogP contribution < -0.4 is 10.1 Å². The Morgan fingerprint density at radius 3 is 2.64 bits per heavy atom. The zero-order valence-corrected chi connectivity index (χ0v) is 15.5. The Hall–Kier alpha value is -1.91. The van der Waals surface area contributed by atoms with Crippen LogP contribution in [0.1, 0.15) is 12.8 Å².